The molecule has 6 nitrogen and oxygen atoms in total. The highest BCUT2D eigenvalue weighted by atomic mass is 16.2. The van der Waals surface area contributed by atoms with Gasteiger partial charge in [0.15, 0.2) is 0 Å². The lowest BCUT2D eigenvalue weighted by atomic mass is 10.0. The van der Waals surface area contributed by atoms with Crippen LogP contribution in [0.4, 0.5) is 0 Å². The second-order valence-electron chi connectivity index (χ2n) is 5.45. The summed E-state index contributed by atoms with van der Waals surface area (Å²) in [5, 5.41) is 4.12. The molecule has 2 aliphatic heterocycles. The van der Waals surface area contributed by atoms with Crippen LogP contribution in [-0.2, 0) is 11.3 Å². The Morgan fingerprint density at radius 1 is 1.26 bits per heavy atom. The molecule has 1 atom stereocenters. The first-order valence-corrected chi connectivity index (χ1v) is 7.17. The Morgan fingerprint density at radius 3 is 2.95 bits per heavy atom. The number of piperidine rings is 1. The predicted octanol–water partition coefficient (Wildman–Crippen LogP) is 0.365. The predicted molar refractivity (Wildman–Crippen MR) is 70.4 cm³/mol. The molecule has 6 heteroatoms. The van der Waals surface area contributed by atoms with Gasteiger partial charge >= 0.3 is 0 Å². The first-order chi connectivity index (χ1) is 9.33. The molecule has 3 rings (SSSR count). The van der Waals surface area contributed by atoms with E-state index in [1.165, 1.54) is 6.42 Å². The molecule has 0 radical (unpaired) electrons. The third-order valence-corrected chi connectivity index (χ3v) is 4.14. The van der Waals surface area contributed by atoms with Crippen LogP contribution in [0, 0.1) is 0 Å². The minimum Gasteiger partial charge on any atom is -0.338 e. The van der Waals surface area contributed by atoms with Gasteiger partial charge in [0, 0.05) is 32.1 Å². The van der Waals surface area contributed by atoms with Gasteiger partial charge in [-0.2, -0.15) is 5.10 Å². The number of likely N-dealkylation sites (tertiary alicyclic amines) is 2. The molecule has 19 heavy (non-hydrogen) atoms. The number of hydrogen-bond acceptors (Lipinski definition) is 4. The topological polar surface area (TPSA) is 54.3 Å². The second kappa shape index (κ2) is 5.69. The molecular formula is C13H21N5O. The molecule has 0 N–H and O–H groups in total. The second-order valence-corrected chi connectivity index (χ2v) is 5.45. The summed E-state index contributed by atoms with van der Waals surface area (Å²) in [5.74, 6) is 0.350. The molecule has 0 saturated carbocycles. The van der Waals surface area contributed by atoms with E-state index in [0.717, 1.165) is 52.0 Å². The minimum atomic E-state index is 0.350. The highest BCUT2D eigenvalue weighted by molar-refractivity contribution is 5.78. The monoisotopic (exact) mass is 263 g/mol. The molecular weight excluding hydrogens is 242 g/mol. The van der Waals surface area contributed by atoms with Gasteiger partial charge in [-0.25, -0.2) is 4.98 Å². The van der Waals surface area contributed by atoms with Gasteiger partial charge in [0.25, 0.3) is 0 Å². The molecule has 104 valence electrons. The van der Waals surface area contributed by atoms with Gasteiger partial charge in [0.1, 0.15) is 12.7 Å². The van der Waals surface area contributed by atoms with E-state index >= 15 is 0 Å². The van der Waals surface area contributed by atoms with Crippen LogP contribution < -0.4 is 0 Å². The number of carbonyl (C=O) groups is 1. The van der Waals surface area contributed by atoms with Crippen molar-refractivity contribution in [3.05, 3.63) is 12.7 Å². The van der Waals surface area contributed by atoms with Crippen LogP contribution in [-0.4, -0.2) is 62.7 Å². The van der Waals surface area contributed by atoms with Crippen LogP contribution in [0.5, 0.6) is 0 Å². The molecule has 0 aliphatic carbocycles. The summed E-state index contributed by atoms with van der Waals surface area (Å²) < 4.78 is 1.87. The van der Waals surface area contributed by atoms with Crippen LogP contribution >= 0.6 is 0 Å². The molecule has 0 spiro atoms. The van der Waals surface area contributed by atoms with Crippen molar-refractivity contribution in [2.75, 3.05) is 26.2 Å². The van der Waals surface area contributed by atoms with Crippen molar-refractivity contribution >= 4 is 5.91 Å². The number of aromatic nitrogens is 3. The fourth-order valence-electron chi connectivity index (χ4n) is 3.14. The Labute approximate surface area is 113 Å². The van der Waals surface area contributed by atoms with Crippen molar-refractivity contribution in [1.29, 1.82) is 0 Å². The van der Waals surface area contributed by atoms with Crippen molar-refractivity contribution in [3.8, 4) is 0 Å². The van der Waals surface area contributed by atoms with E-state index in [-0.39, 0.29) is 0 Å². The average Bonchev–Trinajstić information content (AvgIpc) is 3.08. The molecule has 0 aromatic carbocycles. The molecule has 1 aromatic heterocycles. The van der Waals surface area contributed by atoms with Crippen LogP contribution in [0.25, 0.3) is 0 Å². The average molecular weight is 263 g/mol. The Balaban J connectivity index is 1.51. The van der Waals surface area contributed by atoms with Crippen LogP contribution in [0.2, 0.25) is 0 Å². The lowest BCUT2D eigenvalue weighted by Gasteiger charge is -2.37. The Bertz CT molecular complexity index is 419. The molecule has 0 bridgehead atoms. The van der Waals surface area contributed by atoms with E-state index in [9.17, 15) is 4.79 Å². The summed E-state index contributed by atoms with van der Waals surface area (Å²) in [6.07, 6.45) is 7.45. The number of nitrogens with zero attached hydrogens (tertiary/aromatic N) is 5. The standard InChI is InChI=1S/C13H21N5O/c19-13-4-2-6-18(13)12-3-1-5-16(9-12)7-8-17-11-14-10-15-17/h10-12H,1-9H2. The highest BCUT2D eigenvalue weighted by Gasteiger charge is 2.30. The first kappa shape index (κ1) is 12.6. The number of amides is 1. The van der Waals surface area contributed by atoms with E-state index in [1.54, 1.807) is 12.7 Å². The fourth-order valence-corrected chi connectivity index (χ4v) is 3.14. The quantitative estimate of drug-likeness (QED) is 0.787. The maximum atomic E-state index is 11.8. The van der Waals surface area contributed by atoms with E-state index < -0.39 is 0 Å². The van der Waals surface area contributed by atoms with Crippen molar-refractivity contribution in [1.82, 2.24) is 24.6 Å². The van der Waals surface area contributed by atoms with E-state index in [4.69, 9.17) is 0 Å². The summed E-state index contributed by atoms with van der Waals surface area (Å²) in [5.41, 5.74) is 0. The van der Waals surface area contributed by atoms with E-state index in [2.05, 4.69) is 19.9 Å². The summed E-state index contributed by atoms with van der Waals surface area (Å²) in [6, 6.07) is 0.430. The van der Waals surface area contributed by atoms with Gasteiger partial charge in [-0.15, -0.1) is 0 Å². The molecule has 2 fully saturated rings. The van der Waals surface area contributed by atoms with Crippen molar-refractivity contribution in [3.63, 3.8) is 0 Å². The number of hydrogen-bond donors (Lipinski definition) is 0. The molecule has 2 aliphatic rings. The summed E-state index contributed by atoms with van der Waals surface area (Å²) in [6.45, 7) is 4.97. The van der Waals surface area contributed by atoms with E-state index in [1.807, 2.05) is 4.68 Å². The van der Waals surface area contributed by atoms with Crippen molar-refractivity contribution in [2.45, 2.75) is 38.3 Å². The first-order valence-electron chi connectivity index (χ1n) is 7.17. The zero-order valence-corrected chi connectivity index (χ0v) is 11.2. The molecule has 2 saturated heterocycles. The smallest absolute Gasteiger partial charge is 0.222 e. The highest BCUT2D eigenvalue weighted by Crippen LogP contribution is 2.21. The molecule has 3 heterocycles. The van der Waals surface area contributed by atoms with Gasteiger partial charge in [-0.1, -0.05) is 0 Å². The zero-order valence-electron chi connectivity index (χ0n) is 11.2. The van der Waals surface area contributed by atoms with Crippen LogP contribution in [0.3, 0.4) is 0 Å². The summed E-state index contributed by atoms with van der Waals surface area (Å²) >= 11 is 0. The van der Waals surface area contributed by atoms with Gasteiger partial charge in [0.05, 0.1) is 6.54 Å². The lowest BCUT2D eigenvalue weighted by Crippen LogP contribution is -2.49. The summed E-state index contributed by atoms with van der Waals surface area (Å²) in [7, 11) is 0. The molecule has 1 unspecified atom stereocenters. The lowest BCUT2D eigenvalue weighted by molar-refractivity contribution is -0.130. The largest absolute Gasteiger partial charge is 0.338 e. The van der Waals surface area contributed by atoms with Crippen molar-refractivity contribution < 1.29 is 4.79 Å². The maximum Gasteiger partial charge on any atom is 0.222 e. The Morgan fingerprint density at radius 2 is 2.21 bits per heavy atom. The third kappa shape index (κ3) is 2.94. The van der Waals surface area contributed by atoms with Crippen LogP contribution in [0.1, 0.15) is 25.7 Å². The van der Waals surface area contributed by atoms with Gasteiger partial charge in [0.2, 0.25) is 5.91 Å². The van der Waals surface area contributed by atoms with Crippen molar-refractivity contribution in [2.24, 2.45) is 0 Å². The van der Waals surface area contributed by atoms with Crippen LogP contribution in [0.15, 0.2) is 12.7 Å². The molecule has 1 amide bonds. The summed E-state index contributed by atoms with van der Waals surface area (Å²) in [4.78, 5) is 20.3. The number of carbonyl (C=O) groups excluding carboxylic acids is 1. The Kier molecular flexibility index (Phi) is 3.77. The zero-order chi connectivity index (χ0) is 13.1. The SMILES string of the molecule is O=C1CCCN1C1CCCN(CCn2cncn2)C1. The normalized spacial score (nSPS) is 25.2. The van der Waals surface area contributed by atoms with Gasteiger partial charge in [-0.05, 0) is 25.8 Å². The van der Waals surface area contributed by atoms with Gasteiger partial charge in [-0.3, -0.25) is 14.4 Å². The van der Waals surface area contributed by atoms with E-state index in [0.29, 0.717) is 11.9 Å². The third-order valence-electron chi connectivity index (χ3n) is 4.14. The number of rotatable bonds is 4. The Hall–Kier alpha value is -1.43. The minimum absolute atomic E-state index is 0.350. The maximum absolute atomic E-state index is 11.8. The molecule has 1 aromatic rings. The van der Waals surface area contributed by atoms with Gasteiger partial charge < -0.3 is 4.90 Å². The fraction of sp³-hybridized carbons (Fsp3) is 0.769.